The van der Waals surface area contributed by atoms with Crippen molar-refractivity contribution in [3.8, 4) is 6.07 Å². The average Bonchev–Trinajstić information content (AvgIpc) is 2.46. The van der Waals surface area contributed by atoms with E-state index < -0.39 is 0 Å². The maximum Gasteiger partial charge on any atom is 0.229 e. The fourth-order valence-electron chi connectivity index (χ4n) is 2.67. The predicted octanol–water partition coefficient (Wildman–Crippen LogP) is 3.35. The summed E-state index contributed by atoms with van der Waals surface area (Å²) in [7, 11) is 1.82. The van der Waals surface area contributed by atoms with Crippen LogP contribution in [0.5, 0.6) is 0 Å². The molecule has 1 amide bonds. The standard InChI is InChI=1S/C16H20N2O/c1-12-3-7-14(8-4-12)16(19)18(2)15-9-5-13(11-17)6-10-15/h5-6,9-10,12,14H,3-4,7-8H2,1-2H3. The molecule has 1 aromatic carbocycles. The zero-order chi connectivity index (χ0) is 13.8. The van der Waals surface area contributed by atoms with Crippen LogP contribution in [-0.2, 0) is 4.79 Å². The van der Waals surface area contributed by atoms with E-state index in [1.165, 1.54) is 0 Å². The normalized spacial score (nSPS) is 22.6. The number of nitriles is 1. The number of carbonyl (C=O) groups is 1. The molecule has 3 heteroatoms. The second-order valence-electron chi connectivity index (χ2n) is 5.51. The van der Waals surface area contributed by atoms with Crippen LogP contribution in [0.25, 0.3) is 0 Å². The summed E-state index contributed by atoms with van der Waals surface area (Å²) in [5, 5.41) is 8.77. The summed E-state index contributed by atoms with van der Waals surface area (Å²) in [6.07, 6.45) is 4.30. The highest BCUT2D eigenvalue weighted by molar-refractivity contribution is 5.94. The van der Waals surface area contributed by atoms with Gasteiger partial charge in [-0.1, -0.05) is 6.92 Å². The number of hydrogen-bond donors (Lipinski definition) is 0. The molecule has 0 heterocycles. The summed E-state index contributed by atoms with van der Waals surface area (Å²) in [6, 6.07) is 9.26. The lowest BCUT2D eigenvalue weighted by atomic mass is 9.82. The highest BCUT2D eigenvalue weighted by atomic mass is 16.2. The van der Waals surface area contributed by atoms with Gasteiger partial charge >= 0.3 is 0 Å². The summed E-state index contributed by atoms with van der Waals surface area (Å²) in [4.78, 5) is 14.1. The molecule has 0 aromatic heterocycles. The van der Waals surface area contributed by atoms with Gasteiger partial charge in [0.1, 0.15) is 0 Å². The van der Waals surface area contributed by atoms with Gasteiger partial charge in [-0.15, -0.1) is 0 Å². The number of carbonyl (C=O) groups excluding carboxylic acids is 1. The Morgan fingerprint density at radius 1 is 1.21 bits per heavy atom. The van der Waals surface area contributed by atoms with Crippen LogP contribution in [0.2, 0.25) is 0 Å². The molecule has 0 atom stereocenters. The fourth-order valence-corrected chi connectivity index (χ4v) is 2.67. The van der Waals surface area contributed by atoms with Crippen molar-refractivity contribution >= 4 is 11.6 Å². The van der Waals surface area contributed by atoms with Gasteiger partial charge in [-0.25, -0.2) is 0 Å². The van der Waals surface area contributed by atoms with E-state index in [0.29, 0.717) is 5.56 Å². The van der Waals surface area contributed by atoms with Crippen molar-refractivity contribution in [2.24, 2.45) is 11.8 Å². The Hall–Kier alpha value is -1.82. The van der Waals surface area contributed by atoms with Crippen LogP contribution >= 0.6 is 0 Å². The molecular weight excluding hydrogens is 236 g/mol. The Morgan fingerprint density at radius 2 is 1.79 bits per heavy atom. The van der Waals surface area contributed by atoms with Crippen LogP contribution < -0.4 is 4.90 Å². The third kappa shape index (κ3) is 3.14. The molecule has 1 fully saturated rings. The number of benzene rings is 1. The van der Waals surface area contributed by atoms with Crippen LogP contribution in [0.15, 0.2) is 24.3 Å². The lowest BCUT2D eigenvalue weighted by Gasteiger charge is -2.29. The largest absolute Gasteiger partial charge is 0.315 e. The van der Waals surface area contributed by atoms with E-state index in [-0.39, 0.29) is 11.8 Å². The smallest absolute Gasteiger partial charge is 0.229 e. The van der Waals surface area contributed by atoms with E-state index in [1.54, 1.807) is 17.0 Å². The molecule has 1 aliphatic rings. The maximum atomic E-state index is 12.4. The van der Waals surface area contributed by atoms with Crippen molar-refractivity contribution in [3.63, 3.8) is 0 Å². The zero-order valence-electron chi connectivity index (χ0n) is 11.6. The Kier molecular flexibility index (Phi) is 4.21. The summed E-state index contributed by atoms with van der Waals surface area (Å²) in [5.74, 6) is 1.12. The molecule has 3 nitrogen and oxygen atoms in total. The van der Waals surface area contributed by atoms with Gasteiger partial charge in [-0.2, -0.15) is 5.26 Å². The first-order valence-electron chi connectivity index (χ1n) is 6.89. The molecule has 1 saturated carbocycles. The SMILES string of the molecule is CC1CCC(C(=O)N(C)c2ccc(C#N)cc2)CC1. The summed E-state index contributed by atoms with van der Waals surface area (Å²) >= 11 is 0. The summed E-state index contributed by atoms with van der Waals surface area (Å²) < 4.78 is 0. The van der Waals surface area contributed by atoms with Crippen LogP contribution in [-0.4, -0.2) is 13.0 Å². The molecule has 100 valence electrons. The first-order chi connectivity index (χ1) is 9.11. The molecule has 0 aliphatic heterocycles. The van der Waals surface area contributed by atoms with Crippen molar-refractivity contribution in [1.29, 1.82) is 5.26 Å². The van der Waals surface area contributed by atoms with Gasteiger partial charge in [0.25, 0.3) is 0 Å². The van der Waals surface area contributed by atoms with Crippen molar-refractivity contribution < 1.29 is 4.79 Å². The minimum atomic E-state index is 0.164. The third-order valence-electron chi connectivity index (χ3n) is 4.08. The zero-order valence-corrected chi connectivity index (χ0v) is 11.6. The lowest BCUT2D eigenvalue weighted by Crippen LogP contribution is -2.34. The number of amides is 1. The Balaban J connectivity index is 2.04. The summed E-state index contributed by atoms with van der Waals surface area (Å²) in [5.41, 5.74) is 1.48. The van der Waals surface area contributed by atoms with Gasteiger partial charge in [0.05, 0.1) is 11.6 Å². The summed E-state index contributed by atoms with van der Waals surface area (Å²) in [6.45, 7) is 2.25. The average molecular weight is 256 g/mol. The fraction of sp³-hybridized carbons (Fsp3) is 0.500. The van der Waals surface area contributed by atoms with Crippen molar-refractivity contribution in [2.45, 2.75) is 32.6 Å². The molecule has 1 aromatic rings. The van der Waals surface area contributed by atoms with Gasteiger partial charge in [-0.3, -0.25) is 4.79 Å². The van der Waals surface area contributed by atoms with Gasteiger partial charge < -0.3 is 4.90 Å². The molecule has 0 spiro atoms. The van der Waals surface area contributed by atoms with Crippen LogP contribution in [0, 0.1) is 23.2 Å². The highest BCUT2D eigenvalue weighted by Crippen LogP contribution is 2.30. The molecule has 0 N–H and O–H groups in total. The minimum Gasteiger partial charge on any atom is -0.315 e. The molecule has 0 bridgehead atoms. The molecular formula is C16H20N2O. The van der Waals surface area contributed by atoms with E-state index >= 15 is 0 Å². The van der Waals surface area contributed by atoms with Crippen LogP contribution in [0.4, 0.5) is 5.69 Å². The van der Waals surface area contributed by atoms with Crippen LogP contribution in [0.3, 0.4) is 0 Å². The van der Waals surface area contributed by atoms with Gasteiger partial charge in [0.2, 0.25) is 5.91 Å². The predicted molar refractivity (Wildman–Crippen MR) is 75.7 cm³/mol. The molecule has 1 aliphatic carbocycles. The second-order valence-corrected chi connectivity index (χ2v) is 5.51. The monoisotopic (exact) mass is 256 g/mol. The van der Waals surface area contributed by atoms with Crippen LogP contribution in [0.1, 0.15) is 38.2 Å². The van der Waals surface area contributed by atoms with E-state index in [4.69, 9.17) is 5.26 Å². The topological polar surface area (TPSA) is 44.1 Å². The van der Waals surface area contributed by atoms with E-state index in [1.807, 2.05) is 19.2 Å². The van der Waals surface area contributed by atoms with Gasteiger partial charge in [-0.05, 0) is 55.9 Å². The Morgan fingerprint density at radius 3 is 2.32 bits per heavy atom. The quantitative estimate of drug-likeness (QED) is 0.814. The lowest BCUT2D eigenvalue weighted by molar-refractivity contribution is -0.123. The molecule has 0 unspecified atom stereocenters. The van der Waals surface area contributed by atoms with Crippen molar-refractivity contribution in [3.05, 3.63) is 29.8 Å². The van der Waals surface area contributed by atoms with E-state index in [9.17, 15) is 4.79 Å². The van der Waals surface area contributed by atoms with E-state index in [0.717, 1.165) is 37.3 Å². The molecule has 2 rings (SSSR count). The first kappa shape index (κ1) is 13.6. The molecule has 0 saturated heterocycles. The highest BCUT2D eigenvalue weighted by Gasteiger charge is 2.27. The first-order valence-corrected chi connectivity index (χ1v) is 6.89. The number of nitrogens with zero attached hydrogens (tertiary/aromatic N) is 2. The van der Waals surface area contributed by atoms with E-state index in [2.05, 4.69) is 13.0 Å². The molecule has 19 heavy (non-hydrogen) atoms. The Labute approximate surface area is 114 Å². The number of hydrogen-bond acceptors (Lipinski definition) is 2. The number of rotatable bonds is 2. The van der Waals surface area contributed by atoms with Crippen molar-refractivity contribution in [1.82, 2.24) is 0 Å². The van der Waals surface area contributed by atoms with Gasteiger partial charge in [0, 0.05) is 18.7 Å². The Bertz CT molecular complexity index is 478. The van der Waals surface area contributed by atoms with Crippen molar-refractivity contribution in [2.75, 3.05) is 11.9 Å². The third-order valence-corrected chi connectivity index (χ3v) is 4.08. The maximum absolute atomic E-state index is 12.4. The second kappa shape index (κ2) is 5.88. The van der Waals surface area contributed by atoms with Gasteiger partial charge in [0.15, 0.2) is 0 Å². The molecule has 0 radical (unpaired) electrons. The minimum absolute atomic E-state index is 0.164. The number of anilines is 1.